The van der Waals surface area contributed by atoms with Gasteiger partial charge in [0.05, 0.1) is 10.9 Å². The van der Waals surface area contributed by atoms with Crippen molar-refractivity contribution in [1.82, 2.24) is 15.0 Å². The second-order valence-corrected chi connectivity index (χ2v) is 3.20. The van der Waals surface area contributed by atoms with Crippen molar-refractivity contribution in [3.63, 3.8) is 0 Å². The minimum atomic E-state index is 0.500. The van der Waals surface area contributed by atoms with Crippen molar-refractivity contribution in [2.24, 2.45) is 0 Å². The number of nitrogen functional groups attached to an aromatic ring is 1. The third-order valence-corrected chi connectivity index (χ3v) is 2.17. The Hall–Kier alpha value is -1.71. The van der Waals surface area contributed by atoms with Crippen LogP contribution in [0.4, 0.5) is 5.82 Å². The fourth-order valence-electron chi connectivity index (χ4n) is 1.50. The molecule has 4 nitrogen and oxygen atoms in total. The molecule has 2 rings (SSSR count). The number of aromatic nitrogens is 3. The van der Waals surface area contributed by atoms with Crippen molar-refractivity contribution in [2.75, 3.05) is 5.73 Å². The number of anilines is 1. The molecule has 72 valence electrons. The van der Waals surface area contributed by atoms with Crippen LogP contribution in [0.15, 0.2) is 18.7 Å². The first kappa shape index (κ1) is 8.87. The Balaban J connectivity index is 2.68. The van der Waals surface area contributed by atoms with E-state index in [1.165, 1.54) is 0 Å². The van der Waals surface area contributed by atoms with Crippen LogP contribution in [-0.2, 0) is 6.42 Å². The lowest BCUT2D eigenvalue weighted by atomic mass is 10.1. The van der Waals surface area contributed by atoms with Gasteiger partial charge in [-0.05, 0) is 12.0 Å². The molecule has 0 saturated carbocycles. The van der Waals surface area contributed by atoms with Gasteiger partial charge in [-0.2, -0.15) is 0 Å². The largest absolute Gasteiger partial charge is 0.383 e. The fourth-order valence-corrected chi connectivity index (χ4v) is 1.50. The van der Waals surface area contributed by atoms with Crippen LogP contribution >= 0.6 is 0 Å². The Bertz CT molecular complexity index is 453. The van der Waals surface area contributed by atoms with Gasteiger partial charge in [0.1, 0.15) is 12.1 Å². The number of pyridine rings is 1. The number of nitrogens with zero attached hydrogens (tertiary/aromatic N) is 3. The summed E-state index contributed by atoms with van der Waals surface area (Å²) >= 11 is 0. The molecule has 0 bridgehead atoms. The number of fused-ring (bicyclic) bond motifs is 1. The lowest BCUT2D eigenvalue weighted by Crippen LogP contribution is -1.97. The summed E-state index contributed by atoms with van der Waals surface area (Å²) < 4.78 is 0. The average Bonchev–Trinajstić information content (AvgIpc) is 2.23. The molecule has 2 heterocycles. The van der Waals surface area contributed by atoms with E-state index in [0.29, 0.717) is 5.82 Å². The van der Waals surface area contributed by atoms with Gasteiger partial charge in [0.2, 0.25) is 0 Å². The molecule has 2 aromatic rings. The second kappa shape index (κ2) is 3.57. The molecule has 0 aliphatic carbocycles. The van der Waals surface area contributed by atoms with Crippen molar-refractivity contribution in [3.05, 3.63) is 24.3 Å². The highest BCUT2D eigenvalue weighted by Crippen LogP contribution is 2.19. The Morgan fingerprint density at radius 3 is 2.93 bits per heavy atom. The zero-order chi connectivity index (χ0) is 9.97. The molecule has 2 N–H and O–H groups in total. The van der Waals surface area contributed by atoms with Crippen molar-refractivity contribution < 1.29 is 0 Å². The maximum atomic E-state index is 5.73. The van der Waals surface area contributed by atoms with Gasteiger partial charge in [-0.25, -0.2) is 15.0 Å². The minimum Gasteiger partial charge on any atom is -0.383 e. The first-order valence-electron chi connectivity index (χ1n) is 4.66. The Morgan fingerprint density at radius 2 is 2.14 bits per heavy atom. The van der Waals surface area contributed by atoms with Crippen LogP contribution in [0, 0.1) is 0 Å². The quantitative estimate of drug-likeness (QED) is 0.776. The summed E-state index contributed by atoms with van der Waals surface area (Å²) in [6, 6.07) is 0. The normalized spacial score (nSPS) is 10.6. The zero-order valence-electron chi connectivity index (χ0n) is 8.07. The van der Waals surface area contributed by atoms with E-state index in [9.17, 15) is 0 Å². The summed E-state index contributed by atoms with van der Waals surface area (Å²) in [5.41, 5.74) is 7.79. The van der Waals surface area contributed by atoms with Gasteiger partial charge in [-0.1, -0.05) is 13.3 Å². The van der Waals surface area contributed by atoms with Gasteiger partial charge in [0, 0.05) is 12.4 Å². The first-order chi connectivity index (χ1) is 6.83. The van der Waals surface area contributed by atoms with Crippen LogP contribution in [0.1, 0.15) is 18.9 Å². The third kappa shape index (κ3) is 1.39. The van der Waals surface area contributed by atoms with E-state index in [1.54, 1.807) is 18.7 Å². The molecule has 0 radical (unpaired) electrons. The predicted octanol–water partition coefficient (Wildman–Crippen LogP) is 1.56. The van der Waals surface area contributed by atoms with Crippen molar-refractivity contribution >= 4 is 16.7 Å². The average molecular weight is 188 g/mol. The van der Waals surface area contributed by atoms with Crippen LogP contribution in [-0.4, -0.2) is 15.0 Å². The predicted molar refractivity (Wildman–Crippen MR) is 55.7 cm³/mol. The van der Waals surface area contributed by atoms with E-state index in [1.807, 2.05) is 0 Å². The zero-order valence-corrected chi connectivity index (χ0v) is 8.07. The Morgan fingerprint density at radius 1 is 1.29 bits per heavy atom. The summed E-state index contributed by atoms with van der Waals surface area (Å²) in [5.74, 6) is 0.500. The van der Waals surface area contributed by atoms with Gasteiger partial charge in [-0.3, -0.25) is 0 Å². The van der Waals surface area contributed by atoms with Crippen LogP contribution in [0.25, 0.3) is 10.9 Å². The standard InChI is InChI=1S/C10H12N4/c1-2-3-7-4-13-10(11)8-5-12-6-14-9(7)8/h4-6H,2-3H2,1H3,(H2,11,13). The van der Waals surface area contributed by atoms with Gasteiger partial charge >= 0.3 is 0 Å². The lowest BCUT2D eigenvalue weighted by molar-refractivity contribution is 0.919. The van der Waals surface area contributed by atoms with Gasteiger partial charge in [-0.15, -0.1) is 0 Å². The van der Waals surface area contributed by atoms with E-state index < -0.39 is 0 Å². The monoisotopic (exact) mass is 188 g/mol. The van der Waals surface area contributed by atoms with E-state index in [0.717, 1.165) is 29.3 Å². The number of aryl methyl sites for hydroxylation is 1. The molecule has 0 aliphatic rings. The molecule has 0 spiro atoms. The molecular weight excluding hydrogens is 176 g/mol. The van der Waals surface area contributed by atoms with Crippen molar-refractivity contribution in [3.8, 4) is 0 Å². The van der Waals surface area contributed by atoms with Crippen LogP contribution in [0.5, 0.6) is 0 Å². The van der Waals surface area contributed by atoms with Crippen molar-refractivity contribution in [2.45, 2.75) is 19.8 Å². The molecule has 0 saturated heterocycles. The minimum absolute atomic E-state index is 0.500. The van der Waals surface area contributed by atoms with Crippen molar-refractivity contribution in [1.29, 1.82) is 0 Å². The maximum Gasteiger partial charge on any atom is 0.134 e. The molecule has 0 aromatic carbocycles. The summed E-state index contributed by atoms with van der Waals surface area (Å²) in [5, 5.41) is 0.846. The molecule has 4 heteroatoms. The fraction of sp³-hybridized carbons (Fsp3) is 0.300. The number of nitrogens with two attached hydrogens (primary N) is 1. The highest BCUT2D eigenvalue weighted by atomic mass is 14.9. The number of hydrogen-bond acceptors (Lipinski definition) is 4. The van der Waals surface area contributed by atoms with Gasteiger partial charge < -0.3 is 5.73 Å². The summed E-state index contributed by atoms with van der Waals surface area (Å²) in [6.45, 7) is 2.13. The number of rotatable bonds is 2. The lowest BCUT2D eigenvalue weighted by Gasteiger charge is -2.04. The smallest absolute Gasteiger partial charge is 0.134 e. The SMILES string of the molecule is CCCc1cnc(N)c2cncnc12. The molecule has 0 atom stereocenters. The van der Waals surface area contributed by atoms with E-state index in [-0.39, 0.29) is 0 Å². The summed E-state index contributed by atoms with van der Waals surface area (Å²) in [6.07, 6.45) is 7.10. The number of hydrogen-bond donors (Lipinski definition) is 1. The molecule has 0 fully saturated rings. The maximum absolute atomic E-state index is 5.73. The van der Waals surface area contributed by atoms with Gasteiger partial charge in [0.25, 0.3) is 0 Å². The molecular formula is C10H12N4. The second-order valence-electron chi connectivity index (χ2n) is 3.20. The van der Waals surface area contributed by atoms with E-state index in [2.05, 4.69) is 21.9 Å². The Labute approximate surface area is 82.2 Å². The van der Waals surface area contributed by atoms with E-state index in [4.69, 9.17) is 5.73 Å². The van der Waals surface area contributed by atoms with Gasteiger partial charge in [0.15, 0.2) is 0 Å². The molecule has 0 aliphatic heterocycles. The first-order valence-corrected chi connectivity index (χ1v) is 4.66. The molecule has 0 amide bonds. The van der Waals surface area contributed by atoms with Crippen LogP contribution in [0.3, 0.4) is 0 Å². The third-order valence-electron chi connectivity index (χ3n) is 2.17. The topological polar surface area (TPSA) is 64.7 Å². The Kier molecular flexibility index (Phi) is 2.26. The van der Waals surface area contributed by atoms with E-state index >= 15 is 0 Å². The molecule has 0 unspecified atom stereocenters. The van der Waals surface area contributed by atoms with Crippen LogP contribution in [0.2, 0.25) is 0 Å². The van der Waals surface area contributed by atoms with Crippen LogP contribution < -0.4 is 5.73 Å². The molecule has 2 aromatic heterocycles. The summed E-state index contributed by atoms with van der Waals surface area (Å²) in [7, 11) is 0. The highest BCUT2D eigenvalue weighted by Gasteiger charge is 2.05. The summed E-state index contributed by atoms with van der Waals surface area (Å²) in [4.78, 5) is 12.3. The molecule has 14 heavy (non-hydrogen) atoms. The highest BCUT2D eigenvalue weighted by molar-refractivity contribution is 5.89.